The summed E-state index contributed by atoms with van der Waals surface area (Å²) in [4.78, 5) is 42.5. The molecule has 194 valence electrons. The predicted molar refractivity (Wildman–Crippen MR) is 139 cm³/mol. The third-order valence-electron chi connectivity index (χ3n) is 6.76. The van der Waals surface area contributed by atoms with Gasteiger partial charge in [-0.25, -0.2) is 0 Å². The zero-order valence-electron chi connectivity index (χ0n) is 21.5. The standard InChI is InChI=1S/C28H37N3O5/c1-4-5-6-7-8-12-26(29-36-21(3)32)28(33)22-14-16-24(17-15-22)30-19-23(18-20(2)31(34)35)25-11-9-10-13-27(25)30/h9-11,14,16,18-19,26-27,29H,4-8,12-13,15,17H2,1-3H3/b20-18+/t26?,27-/m1/s1. The highest BCUT2D eigenvalue weighted by Gasteiger charge is 2.33. The Balaban J connectivity index is 1.74. The van der Waals surface area contributed by atoms with Crippen LogP contribution in [0.5, 0.6) is 0 Å². The number of unbranched alkanes of at least 4 members (excludes halogenated alkanes) is 4. The van der Waals surface area contributed by atoms with Gasteiger partial charge in [-0.05, 0) is 42.9 Å². The lowest BCUT2D eigenvalue weighted by Gasteiger charge is -2.31. The largest absolute Gasteiger partial charge is 0.370 e. The molecule has 1 N–H and O–H groups in total. The number of carbonyl (C=O) groups is 2. The molecule has 1 heterocycles. The van der Waals surface area contributed by atoms with E-state index in [2.05, 4.69) is 23.4 Å². The average Bonchev–Trinajstić information content (AvgIpc) is 3.23. The van der Waals surface area contributed by atoms with Crippen molar-refractivity contribution in [3.05, 3.63) is 80.9 Å². The molecule has 3 aliphatic rings. The van der Waals surface area contributed by atoms with Crippen molar-refractivity contribution in [2.75, 3.05) is 0 Å². The normalized spacial score (nSPS) is 20.1. The Morgan fingerprint density at radius 1 is 1.19 bits per heavy atom. The molecule has 0 spiro atoms. The van der Waals surface area contributed by atoms with Gasteiger partial charge in [-0.3, -0.25) is 19.7 Å². The number of allylic oxidation sites excluding steroid dienone is 7. The Morgan fingerprint density at radius 3 is 2.64 bits per heavy atom. The lowest BCUT2D eigenvalue weighted by atomic mass is 9.91. The van der Waals surface area contributed by atoms with E-state index in [1.165, 1.54) is 20.3 Å². The minimum Gasteiger partial charge on any atom is -0.370 e. The van der Waals surface area contributed by atoms with Crippen LogP contribution in [0.25, 0.3) is 0 Å². The molecular formula is C28H37N3O5. The number of carbonyl (C=O) groups excluding carboxylic acids is 2. The van der Waals surface area contributed by atoms with Crippen molar-refractivity contribution >= 4 is 11.8 Å². The van der Waals surface area contributed by atoms with E-state index in [0.29, 0.717) is 24.8 Å². The third kappa shape index (κ3) is 7.13. The van der Waals surface area contributed by atoms with Gasteiger partial charge in [0.2, 0.25) is 5.70 Å². The lowest BCUT2D eigenvalue weighted by Crippen LogP contribution is -2.39. The van der Waals surface area contributed by atoms with Crippen LogP contribution in [0, 0.1) is 10.1 Å². The maximum atomic E-state index is 13.3. The molecule has 0 saturated heterocycles. The van der Waals surface area contributed by atoms with Gasteiger partial charge in [-0.2, -0.15) is 0 Å². The molecule has 0 saturated carbocycles. The number of nitrogens with one attached hydrogen (secondary N) is 1. The van der Waals surface area contributed by atoms with Crippen LogP contribution in [0.1, 0.15) is 78.6 Å². The van der Waals surface area contributed by atoms with Crippen molar-refractivity contribution < 1.29 is 19.3 Å². The smallest absolute Gasteiger partial charge is 0.321 e. The molecule has 0 aromatic carbocycles. The highest BCUT2D eigenvalue weighted by Crippen LogP contribution is 2.38. The minimum absolute atomic E-state index is 0.0366. The van der Waals surface area contributed by atoms with Crippen LogP contribution in [0.3, 0.4) is 0 Å². The van der Waals surface area contributed by atoms with E-state index in [4.69, 9.17) is 4.84 Å². The zero-order valence-corrected chi connectivity index (χ0v) is 21.5. The number of hydrogen-bond acceptors (Lipinski definition) is 7. The lowest BCUT2D eigenvalue weighted by molar-refractivity contribution is -0.424. The van der Waals surface area contributed by atoms with Crippen molar-refractivity contribution in [1.82, 2.24) is 10.4 Å². The molecule has 0 amide bonds. The molecule has 3 rings (SSSR count). The monoisotopic (exact) mass is 495 g/mol. The van der Waals surface area contributed by atoms with Crippen molar-refractivity contribution in [2.45, 2.75) is 90.6 Å². The van der Waals surface area contributed by atoms with Crippen molar-refractivity contribution in [2.24, 2.45) is 0 Å². The Bertz CT molecular complexity index is 1050. The Morgan fingerprint density at radius 2 is 1.97 bits per heavy atom. The molecule has 8 heteroatoms. The fourth-order valence-corrected chi connectivity index (χ4v) is 4.79. The van der Waals surface area contributed by atoms with Crippen molar-refractivity contribution in [3.63, 3.8) is 0 Å². The maximum Gasteiger partial charge on any atom is 0.321 e. The van der Waals surface area contributed by atoms with Crippen molar-refractivity contribution in [3.8, 4) is 0 Å². The zero-order chi connectivity index (χ0) is 26.1. The number of Topliss-reactive ketones (excluding diaryl/α,β-unsaturated/α-hetero) is 1. The van der Waals surface area contributed by atoms with Gasteiger partial charge < -0.3 is 9.74 Å². The minimum atomic E-state index is -0.553. The van der Waals surface area contributed by atoms with Gasteiger partial charge in [-0.15, -0.1) is 5.48 Å². The highest BCUT2D eigenvalue weighted by atomic mass is 16.7. The van der Waals surface area contributed by atoms with Crippen molar-refractivity contribution in [1.29, 1.82) is 0 Å². The second-order valence-electron chi connectivity index (χ2n) is 9.52. The second-order valence-corrected chi connectivity index (χ2v) is 9.52. The van der Waals surface area contributed by atoms with Gasteiger partial charge in [-0.1, -0.05) is 63.3 Å². The Hall–Kier alpha value is -3.26. The van der Waals surface area contributed by atoms with Crippen LogP contribution in [-0.4, -0.2) is 33.7 Å². The summed E-state index contributed by atoms with van der Waals surface area (Å²) in [7, 11) is 0. The summed E-state index contributed by atoms with van der Waals surface area (Å²) in [6.45, 7) is 4.98. The highest BCUT2D eigenvalue weighted by molar-refractivity contribution is 6.00. The molecule has 0 radical (unpaired) electrons. The van der Waals surface area contributed by atoms with Gasteiger partial charge in [0.05, 0.1) is 11.0 Å². The summed E-state index contributed by atoms with van der Waals surface area (Å²) in [5, 5.41) is 11.2. The first-order valence-corrected chi connectivity index (χ1v) is 12.9. The van der Waals surface area contributed by atoms with Crippen LogP contribution in [-0.2, 0) is 14.4 Å². The summed E-state index contributed by atoms with van der Waals surface area (Å²) in [5.41, 5.74) is 6.49. The van der Waals surface area contributed by atoms with Gasteiger partial charge >= 0.3 is 5.97 Å². The first kappa shape index (κ1) is 27.3. The summed E-state index contributed by atoms with van der Waals surface area (Å²) in [6.07, 6.45) is 21.7. The molecular weight excluding hydrogens is 458 g/mol. The topological polar surface area (TPSA) is 102 Å². The van der Waals surface area contributed by atoms with Gasteiger partial charge in [0.25, 0.3) is 0 Å². The molecule has 0 fully saturated rings. The van der Waals surface area contributed by atoms with Crippen LogP contribution in [0.4, 0.5) is 0 Å². The fourth-order valence-electron chi connectivity index (χ4n) is 4.79. The van der Waals surface area contributed by atoms with E-state index < -0.39 is 12.0 Å². The van der Waals surface area contributed by atoms with E-state index in [9.17, 15) is 19.7 Å². The Kier molecular flexibility index (Phi) is 9.99. The van der Waals surface area contributed by atoms with E-state index in [1.807, 2.05) is 30.5 Å². The number of nitro groups is 1. The van der Waals surface area contributed by atoms with E-state index >= 15 is 0 Å². The summed E-state index contributed by atoms with van der Waals surface area (Å²) < 4.78 is 0. The third-order valence-corrected chi connectivity index (χ3v) is 6.76. The summed E-state index contributed by atoms with van der Waals surface area (Å²) in [6, 6.07) is -0.456. The molecule has 0 bridgehead atoms. The number of hydroxylamine groups is 1. The van der Waals surface area contributed by atoms with E-state index in [1.54, 1.807) is 6.08 Å². The predicted octanol–water partition coefficient (Wildman–Crippen LogP) is 5.59. The SMILES string of the molecule is CCCCCCCC(NOC(C)=O)C(=O)C1=CC=C(N2C=C(/C=C(\C)[N+](=O)[O-])C3=CC=CC[C@H]32)CC1. The number of ketones is 1. The summed E-state index contributed by atoms with van der Waals surface area (Å²) in [5.74, 6) is -0.507. The van der Waals surface area contributed by atoms with Gasteiger partial charge in [0.1, 0.15) is 6.04 Å². The molecule has 2 aliphatic carbocycles. The number of hydrogen-bond donors (Lipinski definition) is 1. The number of rotatable bonds is 13. The molecule has 2 atom stereocenters. The second kappa shape index (κ2) is 13.2. The van der Waals surface area contributed by atoms with E-state index in [-0.39, 0.29) is 22.4 Å². The number of fused-ring (bicyclic) bond motifs is 1. The van der Waals surface area contributed by atoms with Crippen LogP contribution >= 0.6 is 0 Å². The quantitative estimate of drug-likeness (QED) is 0.202. The molecule has 0 aromatic heterocycles. The van der Waals surface area contributed by atoms with Gasteiger partial charge in [0, 0.05) is 37.4 Å². The first-order valence-electron chi connectivity index (χ1n) is 12.9. The molecule has 8 nitrogen and oxygen atoms in total. The molecule has 1 unspecified atom stereocenters. The van der Waals surface area contributed by atoms with E-state index in [0.717, 1.165) is 48.9 Å². The average molecular weight is 496 g/mol. The summed E-state index contributed by atoms with van der Waals surface area (Å²) >= 11 is 0. The fraction of sp³-hybridized carbons (Fsp3) is 0.500. The van der Waals surface area contributed by atoms with Crippen LogP contribution in [0.15, 0.2) is 70.8 Å². The molecule has 36 heavy (non-hydrogen) atoms. The van der Waals surface area contributed by atoms with Crippen LogP contribution in [0.2, 0.25) is 0 Å². The Labute approximate surface area is 213 Å². The van der Waals surface area contributed by atoms with Gasteiger partial charge in [0.15, 0.2) is 5.78 Å². The van der Waals surface area contributed by atoms with Crippen LogP contribution < -0.4 is 5.48 Å². The maximum absolute atomic E-state index is 13.3. The first-order chi connectivity index (χ1) is 17.3. The molecule has 0 aromatic rings. The number of nitrogens with zero attached hydrogens (tertiary/aromatic N) is 2. The molecule has 1 aliphatic heterocycles.